The van der Waals surface area contributed by atoms with E-state index in [-0.39, 0.29) is 5.75 Å². The Kier molecular flexibility index (Phi) is 2.25. The van der Waals surface area contributed by atoms with Crippen LogP contribution in [-0.2, 0) is 0 Å². The van der Waals surface area contributed by atoms with Crippen LogP contribution >= 0.6 is 11.6 Å². The van der Waals surface area contributed by atoms with E-state index in [1.807, 2.05) is 6.92 Å². The normalized spacial score (nSPS) is 9.73. The van der Waals surface area contributed by atoms with Crippen molar-refractivity contribution in [3.63, 3.8) is 0 Å². The Morgan fingerprint density at radius 3 is 2.64 bits per heavy atom. The topological polar surface area (TPSA) is 29.5 Å². The van der Waals surface area contributed by atoms with Crippen molar-refractivity contribution < 1.29 is 9.84 Å². The van der Waals surface area contributed by atoms with Crippen molar-refractivity contribution in [2.24, 2.45) is 0 Å². The number of aromatic hydroxyl groups is 1. The van der Waals surface area contributed by atoms with E-state index in [1.165, 1.54) is 13.2 Å². The van der Waals surface area contributed by atoms with Gasteiger partial charge in [-0.25, -0.2) is 0 Å². The Bertz CT molecular complexity index is 271. The van der Waals surface area contributed by atoms with E-state index in [1.54, 1.807) is 6.07 Å². The van der Waals surface area contributed by atoms with Crippen molar-refractivity contribution in [3.8, 4) is 11.5 Å². The van der Waals surface area contributed by atoms with E-state index in [4.69, 9.17) is 16.3 Å². The molecule has 0 spiro atoms. The van der Waals surface area contributed by atoms with Gasteiger partial charge in [0, 0.05) is 11.1 Å². The van der Waals surface area contributed by atoms with Gasteiger partial charge in [0.25, 0.3) is 0 Å². The summed E-state index contributed by atoms with van der Waals surface area (Å²) in [5.74, 6) is 0.523. The SMILES string of the molecule is COc1cc(C)c(Cl)cc1O. The lowest BCUT2D eigenvalue weighted by Gasteiger charge is -2.04. The molecule has 1 rings (SSSR count). The number of aryl methyl sites for hydroxylation is 1. The average molecular weight is 173 g/mol. The van der Waals surface area contributed by atoms with Gasteiger partial charge in [-0.3, -0.25) is 0 Å². The maximum absolute atomic E-state index is 9.21. The van der Waals surface area contributed by atoms with Crippen LogP contribution in [0.15, 0.2) is 12.1 Å². The number of ether oxygens (including phenoxy) is 1. The standard InChI is InChI=1S/C8H9ClO2/c1-5-3-8(11-2)7(10)4-6(5)9/h3-4,10H,1-2H3. The quantitative estimate of drug-likeness (QED) is 0.705. The number of halogens is 1. The first-order valence-electron chi connectivity index (χ1n) is 3.18. The molecule has 11 heavy (non-hydrogen) atoms. The summed E-state index contributed by atoms with van der Waals surface area (Å²) in [4.78, 5) is 0. The average Bonchev–Trinajstić information content (AvgIpc) is 1.97. The van der Waals surface area contributed by atoms with Crippen molar-refractivity contribution in [1.29, 1.82) is 0 Å². The summed E-state index contributed by atoms with van der Waals surface area (Å²) < 4.78 is 4.87. The summed E-state index contributed by atoms with van der Waals surface area (Å²) >= 11 is 5.73. The van der Waals surface area contributed by atoms with E-state index in [2.05, 4.69) is 0 Å². The number of phenolic OH excluding ortho intramolecular Hbond substituents is 1. The molecule has 0 saturated heterocycles. The van der Waals surface area contributed by atoms with Crippen molar-refractivity contribution in [2.75, 3.05) is 7.11 Å². The van der Waals surface area contributed by atoms with Gasteiger partial charge in [0.1, 0.15) is 0 Å². The molecule has 1 aromatic carbocycles. The van der Waals surface area contributed by atoms with Gasteiger partial charge in [-0.05, 0) is 18.6 Å². The van der Waals surface area contributed by atoms with Gasteiger partial charge < -0.3 is 9.84 Å². The van der Waals surface area contributed by atoms with E-state index < -0.39 is 0 Å². The fourth-order valence-corrected chi connectivity index (χ4v) is 0.966. The zero-order valence-electron chi connectivity index (χ0n) is 6.39. The number of rotatable bonds is 1. The molecule has 0 heterocycles. The van der Waals surface area contributed by atoms with Crippen molar-refractivity contribution in [1.82, 2.24) is 0 Å². The predicted octanol–water partition coefficient (Wildman–Crippen LogP) is 2.36. The lowest BCUT2D eigenvalue weighted by Crippen LogP contribution is -1.85. The smallest absolute Gasteiger partial charge is 0.160 e. The second-order valence-electron chi connectivity index (χ2n) is 2.27. The maximum Gasteiger partial charge on any atom is 0.160 e. The minimum absolute atomic E-state index is 0.0723. The van der Waals surface area contributed by atoms with Crippen LogP contribution in [0.3, 0.4) is 0 Å². The Morgan fingerprint density at radius 1 is 1.45 bits per heavy atom. The Balaban J connectivity index is 3.21. The van der Waals surface area contributed by atoms with Crippen LogP contribution in [0.25, 0.3) is 0 Å². The summed E-state index contributed by atoms with van der Waals surface area (Å²) in [6, 6.07) is 3.16. The molecule has 0 saturated carbocycles. The van der Waals surface area contributed by atoms with E-state index >= 15 is 0 Å². The molecule has 2 nitrogen and oxygen atoms in total. The zero-order chi connectivity index (χ0) is 8.43. The fraction of sp³-hybridized carbons (Fsp3) is 0.250. The molecular formula is C8H9ClO2. The Hall–Kier alpha value is -0.890. The first kappa shape index (κ1) is 8.21. The number of hydrogen-bond donors (Lipinski definition) is 1. The molecule has 1 aromatic rings. The van der Waals surface area contributed by atoms with Gasteiger partial charge in [-0.15, -0.1) is 0 Å². The lowest BCUT2D eigenvalue weighted by atomic mass is 10.2. The summed E-state index contributed by atoms with van der Waals surface area (Å²) in [6.45, 7) is 1.85. The van der Waals surface area contributed by atoms with Gasteiger partial charge in [-0.2, -0.15) is 0 Å². The first-order chi connectivity index (χ1) is 5.15. The molecule has 0 bridgehead atoms. The molecule has 0 unspecified atom stereocenters. The zero-order valence-corrected chi connectivity index (χ0v) is 7.14. The highest BCUT2D eigenvalue weighted by Crippen LogP contribution is 2.31. The largest absolute Gasteiger partial charge is 0.504 e. The van der Waals surface area contributed by atoms with Crippen LogP contribution in [0.2, 0.25) is 5.02 Å². The van der Waals surface area contributed by atoms with E-state index in [0.717, 1.165) is 5.56 Å². The molecule has 0 amide bonds. The van der Waals surface area contributed by atoms with E-state index in [9.17, 15) is 5.11 Å². The summed E-state index contributed by atoms with van der Waals surface area (Å²) in [5.41, 5.74) is 0.890. The molecule has 3 heteroatoms. The molecular weight excluding hydrogens is 164 g/mol. The van der Waals surface area contributed by atoms with Gasteiger partial charge in [0.2, 0.25) is 0 Å². The fourth-order valence-electron chi connectivity index (χ4n) is 0.808. The minimum atomic E-state index is 0.0723. The third kappa shape index (κ3) is 1.57. The highest BCUT2D eigenvalue weighted by atomic mass is 35.5. The Morgan fingerprint density at radius 2 is 2.09 bits per heavy atom. The third-order valence-electron chi connectivity index (χ3n) is 1.46. The first-order valence-corrected chi connectivity index (χ1v) is 3.56. The second kappa shape index (κ2) is 3.01. The van der Waals surface area contributed by atoms with Crippen LogP contribution < -0.4 is 4.74 Å². The van der Waals surface area contributed by atoms with Gasteiger partial charge in [0.15, 0.2) is 11.5 Å². The molecule has 0 aliphatic rings. The molecule has 0 radical (unpaired) electrons. The number of phenols is 1. The number of methoxy groups -OCH3 is 1. The van der Waals surface area contributed by atoms with Gasteiger partial charge in [0.05, 0.1) is 7.11 Å². The van der Waals surface area contributed by atoms with Crippen molar-refractivity contribution in [3.05, 3.63) is 22.7 Å². The molecule has 0 atom stereocenters. The molecule has 0 aliphatic heterocycles. The van der Waals surface area contributed by atoms with Crippen molar-refractivity contribution >= 4 is 11.6 Å². The molecule has 0 aromatic heterocycles. The highest BCUT2D eigenvalue weighted by molar-refractivity contribution is 6.31. The third-order valence-corrected chi connectivity index (χ3v) is 1.87. The summed E-state index contributed by atoms with van der Waals surface area (Å²) in [5, 5.41) is 9.75. The predicted molar refractivity (Wildman–Crippen MR) is 44.4 cm³/mol. The molecule has 0 aliphatic carbocycles. The highest BCUT2D eigenvalue weighted by Gasteiger charge is 2.03. The second-order valence-corrected chi connectivity index (χ2v) is 2.68. The van der Waals surface area contributed by atoms with Crippen LogP contribution in [0.1, 0.15) is 5.56 Å². The molecule has 0 fully saturated rings. The summed E-state index contributed by atoms with van der Waals surface area (Å²) in [7, 11) is 1.50. The Labute approximate surface area is 70.4 Å². The van der Waals surface area contributed by atoms with Gasteiger partial charge in [-0.1, -0.05) is 11.6 Å². The van der Waals surface area contributed by atoms with Crippen LogP contribution in [-0.4, -0.2) is 12.2 Å². The number of hydrogen-bond acceptors (Lipinski definition) is 2. The maximum atomic E-state index is 9.21. The van der Waals surface area contributed by atoms with E-state index in [0.29, 0.717) is 10.8 Å². The minimum Gasteiger partial charge on any atom is -0.504 e. The molecule has 1 N–H and O–H groups in total. The van der Waals surface area contributed by atoms with Crippen LogP contribution in [0, 0.1) is 6.92 Å². The van der Waals surface area contributed by atoms with Gasteiger partial charge >= 0.3 is 0 Å². The monoisotopic (exact) mass is 172 g/mol. The van der Waals surface area contributed by atoms with Crippen molar-refractivity contribution in [2.45, 2.75) is 6.92 Å². The molecule has 60 valence electrons. The van der Waals surface area contributed by atoms with Crippen LogP contribution in [0.4, 0.5) is 0 Å². The lowest BCUT2D eigenvalue weighted by molar-refractivity contribution is 0.373. The van der Waals surface area contributed by atoms with Crippen LogP contribution in [0.5, 0.6) is 11.5 Å². The number of benzene rings is 1. The summed E-state index contributed by atoms with van der Waals surface area (Å²) in [6.07, 6.45) is 0.